The molecule has 1 aliphatic heterocycles. The van der Waals surface area contributed by atoms with E-state index in [9.17, 15) is 0 Å². The first kappa shape index (κ1) is 11.6. The average molecular weight is 218 g/mol. The van der Waals surface area contributed by atoms with Crippen molar-refractivity contribution in [2.75, 3.05) is 32.7 Å². The fourth-order valence-electron chi connectivity index (χ4n) is 2.36. The lowest BCUT2D eigenvalue weighted by atomic mass is 10.0. The molecule has 1 heterocycles. The van der Waals surface area contributed by atoms with Crippen LogP contribution in [0, 0.1) is 0 Å². The van der Waals surface area contributed by atoms with Crippen LogP contribution in [0.1, 0.15) is 24.8 Å². The molecule has 1 atom stereocenters. The zero-order chi connectivity index (χ0) is 11.2. The van der Waals surface area contributed by atoms with Crippen molar-refractivity contribution in [1.82, 2.24) is 10.2 Å². The Balaban J connectivity index is 1.88. The van der Waals surface area contributed by atoms with Gasteiger partial charge in [0, 0.05) is 19.6 Å². The molecule has 1 fully saturated rings. The van der Waals surface area contributed by atoms with Gasteiger partial charge < -0.3 is 10.2 Å². The van der Waals surface area contributed by atoms with Gasteiger partial charge in [-0.2, -0.15) is 0 Å². The van der Waals surface area contributed by atoms with Crippen molar-refractivity contribution in [2.24, 2.45) is 0 Å². The molecule has 0 aliphatic carbocycles. The van der Waals surface area contributed by atoms with E-state index in [0.717, 1.165) is 6.54 Å². The van der Waals surface area contributed by atoms with E-state index in [1.165, 1.54) is 38.2 Å². The third kappa shape index (κ3) is 3.32. The summed E-state index contributed by atoms with van der Waals surface area (Å²) in [4.78, 5) is 2.58. The summed E-state index contributed by atoms with van der Waals surface area (Å²) in [5.74, 6) is 0.638. The molecule has 0 saturated carbocycles. The molecule has 16 heavy (non-hydrogen) atoms. The molecule has 2 rings (SSSR count). The number of hydrogen-bond acceptors (Lipinski definition) is 2. The first-order valence-corrected chi connectivity index (χ1v) is 6.34. The number of rotatable bonds is 3. The Labute approximate surface area is 98.7 Å². The van der Waals surface area contributed by atoms with Crippen LogP contribution in [0.2, 0.25) is 0 Å². The van der Waals surface area contributed by atoms with Crippen molar-refractivity contribution >= 4 is 0 Å². The van der Waals surface area contributed by atoms with Crippen molar-refractivity contribution < 1.29 is 0 Å². The molecule has 88 valence electrons. The van der Waals surface area contributed by atoms with Crippen LogP contribution in [-0.4, -0.2) is 37.6 Å². The predicted octanol–water partition coefficient (Wildman–Crippen LogP) is 2.09. The summed E-state index contributed by atoms with van der Waals surface area (Å²) >= 11 is 0. The molecule has 1 aliphatic rings. The van der Waals surface area contributed by atoms with Crippen LogP contribution in [0.3, 0.4) is 0 Å². The standard InChI is InChI=1S/C14H22N2/c1-13(14-6-3-2-4-7-14)12-16-10-5-8-15-9-11-16/h2-4,6-7,13,15H,5,8-12H2,1H3. The van der Waals surface area contributed by atoms with E-state index >= 15 is 0 Å². The Morgan fingerprint density at radius 3 is 2.81 bits per heavy atom. The fraction of sp³-hybridized carbons (Fsp3) is 0.571. The van der Waals surface area contributed by atoms with Crippen LogP contribution in [0.5, 0.6) is 0 Å². The minimum atomic E-state index is 0.638. The summed E-state index contributed by atoms with van der Waals surface area (Å²) in [6, 6.07) is 10.8. The molecule has 2 nitrogen and oxygen atoms in total. The van der Waals surface area contributed by atoms with E-state index in [1.807, 2.05) is 0 Å². The quantitative estimate of drug-likeness (QED) is 0.835. The second-order valence-corrected chi connectivity index (χ2v) is 4.72. The zero-order valence-corrected chi connectivity index (χ0v) is 10.2. The Bertz CT molecular complexity index is 289. The summed E-state index contributed by atoms with van der Waals surface area (Å²) < 4.78 is 0. The Hall–Kier alpha value is -0.860. The third-order valence-corrected chi connectivity index (χ3v) is 3.33. The Morgan fingerprint density at radius 2 is 2.00 bits per heavy atom. The summed E-state index contributed by atoms with van der Waals surface area (Å²) in [6.07, 6.45) is 1.28. The molecule has 1 aromatic carbocycles. The summed E-state index contributed by atoms with van der Waals surface area (Å²) in [6.45, 7) is 8.26. The fourth-order valence-corrected chi connectivity index (χ4v) is 2.36. The van der Waals surface area contributed by atoms with Gasteiger partial charge in [0.05, 0.1) is 0 Å². The van der Waals surface area contributed by atoms with Crippen molar-refractivity contribution in [3.05, 3.63) is 35.9 Å². The maximum absolute atomic E-state index is 3.45. The molecule has 1 unspecified atom stereocenters. The molecule has 0 spiro atoms. The summed E-state index contributed by atoms with van der Waals surface area (Å²) in [5, 5.41) is 3.45. The van der Waals surface area contributed by atoms with Crippen LogP contribution in [-0.2, 0) is 0 Å². The lowest BCUT2D eigenvalue weighted by Crippen LogP contribution is -2.31. The van der Waals surface area contributed by atoms with Gasteiger partial charge in [0.1, 0.15) is 0 Å². The highest BCUT2D eigenvalue weighted by molar-refractivity contribution is 5.19. The van der Waals surface area contributed by atoms with Crippen LogP contribution >= 0.6 is 0 Å². The van der Waals surface area contributed by atoms with Gasteiger partial charge in [-0.25, -0.2) is 0 Å². The number of nitrogens with zero attached hydrogens (tertiary/aromatic N) is 1. The first-order chi connectivity index (χ1) is 7.86. The van der Waals surface area contributed by atoms with Crippen molar-refractivity contribution in [3.63, 3.8) is 0 Å². The van der Waals surface area contributed by atoms with Gasteiger partial charge in [-0.15, -0.1) is 0 Å². The van der Waals surface area contributed by atoms with Gasteiger partial charge in [0.25, 0.3) is 0 Å². The zero-order valence-electron chi connectivity index (χ0n) is 10.2. The monoisotopic (exact) mass is 218 g/mol. The number of nitrogens with one attached hydrogen (secondary N) is 1. The largest absolute Gasteiger partial charge is 0.315 e. The van der Waals surface area contributed by atoms with Crippen LogP contribution < -0.4 is 5.32 Å². The molecule has 1 aromatic rings. The molecule has 0 amide bonds. The average Bonchev–Trinajstić information content (AvgIpc) is 2.59. The van der Waals surface area contributed by atoms with Crippen LogP contribution in [0.15, 0.2) is 30.3 Å². The van der Waals surface area contributed by atoms with Crippen molar-refractivity contribution in [1.29, 1.82) is 0 Å². The predicted molar refractivity (Wildman–Crippen MR) is 68.8 cm³/mol. The molecular weight excluding hydrogens is 196 g/mol. The van der Waals surface area contributed by atoms with Crippen LogP contribution in [0.25, 0.3) is 0 Å². The van der Waals surface area contributed by atoms with E-state index in [0.29, 0.717) is 5.92 Å². The number of benzene rings is 1. The number of hydrogen-bond donors (Lipinski definition) is 1. The van der Waals surface area contributed by atoms with E-state index in [4.69, 9.17) is 0 Å². The minimum Gasteiger partial charge on any atom is -0.315 e. The van der Waals surface area contributed by atoms with E-state index in [-0.39, 0.29) is 0 Å². The summed E-state index contributed by atoms with van der Waals surface area (Å²) in [7, 11) is 0. The van der Waals surface area contributed by atoms with Gasteiger partial charge in [-0.1, -0.05) is 37.3 Å². The highest BCUT2D eigenvalue weighted by Gasteiger charge is 2.13. The Kier molecular flexibility index (Phi) is 4.37. The van der Waals surface area contributed by atoms with E-state index < -0.39 is 0 Å². The second-order valence-electron chi connectivity index (χ2n) is 4.72. The van der Waals surface area contributed by atoms with Gasteiger partial charge in [-0.3, -0.25) is 0 Å². The highest BCUT2D eigenvalue weighted by Crippen LogP contribution is 2.16. The lowest BCUT2D eigenvalue weighted by molar-refractivity contribution is 0.278. The highest BCUT2D eigenvalue weighted by atomic mass is 15.1. The first-order valence-electron chi connectivity index (χ1n) is 6.34. The SMILES string of the molecule is CC(CN1CCCNCC1)c1ccccc1. The van der Waals surface area contributed by atoms with Crippen molar-refractivity contribution in [2.45, 2.75) is 19.3 Å². The van der Waals surface area contributed by atoms with Crippen LogP contribution in [0.4, 0.5) is 0 Å². The molecule has 0 radical (unpaired) electrons. The third-order valence-electron chi connectivity index (χ3n) is 3.33. The maximum Gasteiger partial charge on any atom is 0.0107 e. The van der Waals surface area contributed by atoms with Gasteiger partial charge in [0.15, 0.2) is 0 Å². The Morgan fingerprint density at radius 1 is 1.19 bits per heavy atom. The molecule has 1 saturated heterocycles. The van der Waals surface area contributed by atoms with E-state index in [2.05, 4.69) is 47.5 Å². The minimum absolute atomic E-state index is 0.638. The normalized spacial score (nSPS) is 20.3. The molecular formula is C14H22N2. The molecule has 0 aromatic heterocycles. The molecule has 0 bridgehead atoms. The second kappa shape index (κ2) is 6.02. The van der Waals surface area contributed by atoms with Gasteiger partial charge in [-0.05, 0) is 31.0 Å². The van der Waals surface area contributed by atoms with Gasteiger partial charge in [0.2, 0.25) is 0 Å². The smallest absolute Gasteiger partial charge is 0.0107 e. The van der Waals surface area contributed by atoms with Gasteiger partial charge >= 0.3 is 0 Å². The lowest BCUT2D eigenvalue weighted by Gasteiger charge is -2.23. The topological polar surface area (TPSA) is 15.3 Å². The molecule has 1 N–H and O–H groups in total. The van der Waals surface area contributed by atoms with Crippen molar-refractivity contribution in [3.8, 4) is 0 Å². The molecule has 2 heteroatoms. The maximum atomic E-state index is 3.45. The van der Waals surface area contributed by atoms with E-state index in [1.54, 1.807) is 0 Å². The summed E-state index contributed by atoms with van der Waals surface area (Å²) in [5.41, 5.74) is 1.46.